The molecule has 1 aliphatic rings. The van der Waals surface area contributed by atoms with Crippen LogP contribution in [0.15, 0.2) is 48.8 Å². The van der Waals surface area contributed by atoms with E-state index < -0.39 is 6.09 Å². The molecule has 0 aliphatic carbocycles. The molecule has 23 heavy (non-hydrogen) atoms. The van der Waals surface area contributed by atoms with Crippen LogP contribution in [0.5, 0.6) is 0 Å². The zero-order valence-corrected chi connectivity index (χ0v) is 12.7. The third kappa shape index (κ3) is 3.48. The van der Waals surface area contributed by atoms with Crippen molar-refractivity contribution in [1.82, 2.24) is 10.3 Å². The van der Waals surface area contributed by atoms with Gasteiger partial charge in [-0.05, 0) is 31.2 Å². The van der Waals surface area contributed by atoms with Crippen molar-refractivity contribution >= 4 is 17.7 Å². The molecule has 1 aromatic heterocycles. The van der Waals surface area contributed by atoms with Crippen molar-refractivity contribution in [3.05, 3.63) is 59.9 Å². The number of nitrogens with one attached hydrogen (secondary N) is 1. The first kappa shape index (κ1) is 15.0. The van der Waals surface area contributed by atoms with E-state index in [-0.39, 0.29) is 18.6 Å². The van der Waals surface area contributed by atoms with E-state index in [1.807, 2.05) is 31.2 Å². The number of aromatic nitrogens is 1. The van der Waals surface area contributed by atoms with Crippen LogP contribution in [0.4, 0.5) is 10.5 Å². The largest absolute Gasteiger partial charge is 0.442 e. The number of ether oxygens (including phenoxy) is 1. The summed E-state index contributed by atoms with van der Waals surface area (Å²) < 4.78 is 5.30. The smallest absolute Gasteiger partial charge is 0.414 e. The number of cyclic esters (lactones) is 1. The van der Waals surface area contributed by atoms with Gasteiger partial charge in [0.1, 0.15) is 6.10 Å². The van der Waals surface area contributed by atoms with E-state index >= 15 is 0 Å². The minimum absolute atomic E-state index is 0.233. The second kappa shape index (κ2) is 6.48. The molecular weight excluding hydrogens is 294 g/mol. The standard InChI is InChI=1S/C17H17N3O3/c1-12-4-6-14(7-5-12)20-11-15(23-17(20)22)10-19-16(21)13-3-2-8-18-9-13/h2-9,15H,10-11H2,1H3,(H,19,21). The third-order valence-corrected chi connectivity index (χ3v) is 3.63. The molecule has 2 amide bonds. The molecule has 6 nitrogen and oxygen atoms in total. The van der Waals surface area contributed by atoms with Gasteiger partial charge in [0.15, 0.2) is 0 Å². The van der Waals surface area contributed by atoms with E-state index in [1.54, 1.807) is 23.2 Å². The summed E-state index contributed by atoms with van der Waals surface area (Å²) in [4.78, 5) is 29.4. The molecule has 6 heteroatoms. The molecule has 118 valence electrons. The molecule has 2 heterocycles. The zero-order valence-electron chi connectivity index (χ0n) is 12.7. The second-order valence-corrected chi connectivity index (χ2v) is 5.40. The van der Waals surface area contributed by atoms with Crippen molar-refractivity contribution in [3.63, 3.8) is 0 Å². The van der Waals surface area contributed by atoms with Crippen LogP contribution in [0.1, 0.15) is 15.9 Å². The Labute approximate surface area is 134 Å². The van der Waals surface area contributed by atoms with Crippen LogP contribution in [0.2, 0.25) is 0 Å². The highest BCUT2D eigenvalue weighted by Gasteiger charge is 2.32. The highest BCUT2D eigenvalue weighted by molar-refractivity contribution is 5.94. The highest BCUT2D eigenvalue weighted by atomic mass is 16.6. The number of carbonyl (C=O) groups is 2. The number of hydrogen-bond donors (Lipinski definition) is 1. The van der Waals surface area contributed by atoms with E-state index in [0.717, 1.165) is 11.3 Å². The Morgan fingerprint density at radius 3 is 2.83 bits per heavy atom. The van der Waals surface area contributed by atoms with E-state index in [4.69, 9.17) is 4.74 Å². The van der Waals surface area contributed by atoms with Crippen LogP contribution >= 0.6 is 0 Å². The molecule has 1 fully saturated rings. The molecule has 0 bridgehead atoms. The third-order valence-electron chi connectivity index (χ3n) is 3.63. The summed E-state index contributed by atoms with van der Waals surface area (Å²) in [6.45, 7) is 2.67. The van der Waals surface area contributed by atoms with Crippen molar-refractivity contribution in [2.24, 2.45) is 0 Å². The Kier molecular flexibility index (Phi) is 4.23. The number of hydrogen-bond acceptors (Lipinski definition) is 4. The highest BCUT2D eigenvalue weighted by Crippen LogP contribution is 2.21. The zero-order chi connectivity index (χ0) is 16.2. The Bertz CT molecular complexity index is 701. The molecule has 1 aromatic carbocycles. The van der Waals surface area contributed by atoms with Crippen LogP contribution in [0, 0.1) is 6.92 Å². The molecular formula is C17H17N3O3. The normalized spacial score (nSPS) is 17.0. The number of amides is 2. The van der Waals surface area contributed by atoms with Gasteiger partial charge in [-0.1, -0.05) is 17.7 Å². The van der Waals surface area contributed by atoms with E-state index in [2.05, 4.69) is 10.3 Å². The van der Waals surface area contributed by atoms with Crippen molar-refractivity contribution in [2.75, 3.05) is 18.0 Å². The number of aryl methyl sites for hydroxylation is 1. The fourth-order valence-corrected chi connectivity index (χ4v) is 2.37. The van der Waals surface area contributed by atoms with Crippen molar-refractivity contribution in [2.45, 2.75) is 13.0 Å². The van der Waals surface area contributed by atoms with Crippen LogP contribution in [-0.4, -0.2) is 36.2 Å². The van der Waals surface area contributed by atoms with E-state index in [1.165, 1.54) is 6.20 Å². The van der Waals surface area contributed by atoms with Gasteiger partial charge in [0, 0.05) is 18.1 Å². The predicted octanol–water partition coefficient (Wildman–Crippen LogP) is 2.15. The van der Waals surface area contributed by atoms with Crippen LogP contribution in [0.3, 0.4) is 0 Å². The van der Waals surface area contributed by atoms with Gasteiger partial charge in [0.2, 0.25) is 0 Å². The summed E-state index contributed by atoms with van der Waals surface area (Å²) in [5, 5.41) is 2.76. The van der Waals surface area contributed by atoms with Crippen LogP contribution in [0.25, 0.3) is 0 Å². The first-order valence-electron chi connectivity index (χ1n) is 7.36. The van der Waals surface area contributed by atoms with Crippen molar-refractivity contribution < 1.29 is 14.3 Å². The first-order valence-corrected chi connectivity index (χ1v) is 7.36. The summed E-state index contributed by atoms with van der Waals surface area (Å²) >= 11 is 0. The molecule has 0 spiro atoms. The number of nitrogens with zero attached hydrogens (tertiary/aromatic N) is 2. The van der Waals surface area contributed by atoms with E-state index in [0.29, 0.717) is 12.1 Å². The number of pyridine rings is 1. The minimum atomic E-state index is -0.394. The number of anilines is 1. The predicted molar refractivity (Wildman–Crippen MR) is 85.4 cm³/mol. The lowest BCUT2D eigenvalue weighted by Gasteiger charge is -2.13. The molecule has 1 aliphatic heterocycles. The van der Waals surface area contributed by atoms with Gasteiger partial charge in [0.25, 0.3) is 5.91 Å². The maximum atomic E-state index is 12.0. The molecule has 1 atom stereocenters. The van der Waals surface area contributed by atoms with Crippen LogP contribution < -0.4 is 10.2 Å². The van der Waals surface area contributed by atoms with Gasteiger partial charge in [0.05, 0.1) is 18.7 Å². The molecule has 2 aromatic rings. The monoisotopic (exact) mass is 311 g/mol. The SMILES string of the molecule is Cc1ccc(N2CC(CNC(=O)c3cccnc3)OC2=O)cc1. The number of carbonyl (C=O) groups excluding carboxylic acids is 2. The Morgan fingerprint density at radius 2 is 2.13 bits per heavy atom. The average Bonchev–Trinajstić information content (AvgIpc) is 2.95. The molecule has 1 saturated heterocycles. The summed E-state index contributed by atoms with van der Waals surface area (Å²) in [7, 11) is 0. The Hall–Kier alpha value is -2.89. The molecule has 3 rings (SSSR count). The van der Waals surface area contributed by atoms with Gasteiger partial charge in [-0.15, -0.1) is 0 Å². The minimum Gasteiger partial charge on any atom is -0.442 e. The quantitative estimate of drug-likeness (QED) is 0.939. The van der Waals surface area contributed by atoms with Crippen molar-refractivity contribution in [3.8, 4) is 0 Å². The summed E-state index contributed by atoms with van der Waals surface area (Å²) in [6, 6.07) is 11.0. The van der Waals surface area contributed by atoms with E-state index in [9.17, 15) is 9.59 Å². The Balaban J connectivity index is 1.58. The lowest BCUT2D eigenvalue weighted by atomic mass is 10.2. The molecule has 1 N–H and O–H groups in total. The fraction of sp³-hybridized carbons (Fsp3) is 0.235. The van der Waals surface area contributed by atoms with Gasteiger partial charge in [-0.2, -0.15) is 0 Å². The Morgan fingerprint density at radius 1 is 1.35 bits per heavy atom. The first-order chi connectivity index (χ1) is 11.1. The maximum Gasteiger partial charge on any atom is 0.414 e. The number of benzene rings is 1. The summed E-state index contributed by atoms with van der Waals surface area (Å²) in [5.41, 5.74) is 2.40. The second-order valence-electron chi connectivity index (χ2n) is 5.40. The molecule has 1 unspecified atom stereocenters. The van der Waals surface area contributed by atoms with Crippen LogP contribution in [-0.2, 0) is 4.74 Å². The topological polar surface area (TPSA) is 71.5 Å². The lowest BCUT2D eigenvalue weighted by Crippen LogP contribution is -2.34. The lowest BCUT2D eigenvalue weighted by molar-refractivity contribution is 0.0915. The fourth-order valence-electron chi connectivity index (χ4n) is 2.37. The molecule has 0 saturated carbocycles. The van der Waals surface area contributed by atoms with Gasteiger partial charge >= 0.3 is 6.09 Å². The molecule has 0 radical (unpaired) electrons. The van der Waals surface area contributed by atoms with Gasteiger partial charge in [-0.25, -0.2) is 4.79 Å². The average molecular weight is 311 g/mol. The maximum absolute atomic E-state index is 12.0. The van der Waals surface area contributed by atoms with Gasteiger partial charge in [-0.3, -0.25) is 14.7 Å². The van der Waals surface area contributed by atoms with Gasteiger partial charge < -0.3 is 10.1 Å². The summed E-state index contributed by atoms with van der Waals surface area (Å²) in [6.07, 6.45) is 2.34. The summed E-state index contributed by atoms with van der Waals surface area (Å²) in [5.74, 6) is -0.233. The van der Waals surface area contributed by atoms with Crippen molar-refractivity contribution in [1.29, 1.82) is 0 Å². The number of rotatable bonds is 4.